The molecule has 0 bridgehead atoms. The van der Waals surface area contributed by atoms with Gasteiger partial charge < -0.3 is 14.2 Å². The Labute approximate surface area is 86.7 Å². The van der Waals surface area contributed by atoms with Gasteiger partial charge in [-0.05, 0) is 12.0 Å². The molecule has 78 valence electrons. The molecule has 15 heavy (non-hydrogen) atoms. The van der Waals surface area contributed by atoms with Gasteiger partial charge in [-0.1, -0.05) is 6.92 Å². The summed E-state index contributed by atoms with van der Waals surface area (Å²) in [7, 11) is 0. The molecule has 0 fully saturated rings. The smallest absolute Gasteiger partial charge is 0.311 e. The van der Waals surface area contributed by atoms with Gasteiger partial charge in [-0.2, -0.15) is 0 Å². The van der Waals surface area contributed by atoms with E-state index in [2.05, 4.69) is 0 Å². The van der Waals surface area contributed by atoms with Crippen molar-refractivity contribution in [2.24, 2.45) is 0 Å². The summed E-state index contributed by atoms with van der Waals surface area (Å²) < 4.78 is 15.7. The second-order valence-electron chi connectivity index (χ2n) is 3.82. The second-order valence-corrected chi connectivity index (χ2v) is 3.82. The van der Waals surface area contributed by atoms with Crippen molar-refractivity contribution in [3.8, 4) is 17.2 Å². The maximum absolute atomic E-state index is 11.2. The van der Waals surface area contributed by atoms with Crippen molar-refractivity contribution >= 4 is 5.97 Å². The summed E-state index contributed by atoms with van der Waals surface area (Å²) in [6.45, 7) is 2.24. The summed E-state index contributed by atoms with van der Waals surface area (Å²) in [5.41, 5.74) is 1.01. The molecule has 3 rings (SSSR count). The Morgan fingerprint density at radius 1 is 1.20 bits per heavy atom. The van der Waals surface area contributed by atoms with Gasteiger partial charge in [0.25, 0.3) is 0 Å². The van der Waals surface area contributed by atoms with E-state index in [1.165, 1.54) is 0 Å². The van der Waals surface area contributed by atoms with Gasteiger partial charge in [0.15, 0.2) is 11.5 Å². The Hall–Kier alpha value is -1.71. The Morgan fingerprint density at radius 3 is 2.73 bits per heavy atom. The third-order valence-electron chi connectivity index (χ3n) is 2.73. The van der Waals surface area contributed by atoms with Crippen LogP contribution in [0.3, 0.4) is 0 Å². The fourth-order valence-electron chi connectivity index (χ4n) is 1.94. The number of hydrogen-bond donors (Lipinski definition) is 0. The Kier molecular flexibility index (Phi) is 1.65. The zero-order chi connectivity index (χ0) is 10.4. The van der Waals surface area contributed by atoms with Gasteiger partial charge in [0, 0.05) is 11.6 Å². The van der Waals surface area contributed by atoms with Gasteiger partial charge in [0.2, 0.25) is 6.79 Å². The number of hydrogen-bond acceptors (Lipinski definition) is 4. The van der Waals surface area contributed by atoms with Crippen LogP contribution in [-0.4, -0.2) is 12.8 Å². The number of carbonyl (C=O) groups excluding carboxylic acids is 1. The van der Waals surface area contributed by atoms with Crippen molar-refractivity contribution in [2.75, 3.05) is 6.79 Å². The lowest BCUT2D eigenvalue weighted by Crippen LogP contribution is -2.18. The topological polar surface area (TPSA) is 44.8 Å². The molecule has 1 unspecified atom stereocenters. The predicted molar refractivity (Wildman–Crippen MR) is 51.2 cm³/mol. The zero-order valence-electron chi connectivity index (χ0n) is 8.28. The van der Waals surface area contributed by atoms with Crippen LogP contribution < -0.4 is 14.2 Å². The number of fused-ring (bicyclic) bond motifs is 2. The summed E-state index contributed by atoms with van der Waals surface area (Å²) in [5.74, 6) is 1.97. The highest BCUT2D eigenvalue weighted by molar-refractivity contribution is 5.77. The molecule has 0 spiro atoms. The molecule has 4 heteroatoms. The Balaban J connectivity index is 2.13. The molecule has 0 N–H and O–H groups in total. The molecule has 0 radical (unpaired) electrons. The summed E-state index contributed by atoms with van der Waals surface area (Å²) >= 11 is 0. The van der Waals surface area contributed by atoms with Crippen LogP contribution in [-0.2, 0) is 4.79 Å². The van der Waals surface area contributed by atoms with Crippen molar-refractivity contribution in [1.29, 1.82) is 0 Å². The SMILES string of the molecule is CC1CC(=O)Oc2cc3c(cc21)OCO3. The van der Waals surface area contributed by atoms with Gasteiger partial charge in [0.05, 0.1) is 6.42 Å². The molecule has 1 atom stereocenters. The standard InChI is InChI=1S/C11H10O4/c1-6-2-11(12)15-8-4-10-9(3-7(6)8)13-5-14-10/h3-4,6H,2,5H2,1H3. The third kappa shape index (κ3) is 1.25. The second kappa shape index (κ2) is 2.89. The molecule has 4 nitrogen and oxygen atoms in total. The predicted octanol–water partition coefficient (Wildman–Crippen LogP) is 1.83. The summed E-state index contributed by atoms with van der Waals surface area (Å²) in [6, 6.07) is 3.62. The van der Waals surface area contributed by atoms with Gasteiger partial charge in [0.1, 0.15) is 5.75 Å². The third-order valence-corrected chi connectivity index (χ3v) is 2.73. The molecule has 1 aromatic rings. The van der Waals surface area contributed by atoms with Crippen LogP contribution in [0.25, 0.3) is 0 Å². The molecule has 0 saturated carbocycles. The molecular weight excluding hydrogens is 196 g/mol. The van der Waals surface area contributed by atoms with E-state index in [0.717, 1.165) is 11.3 Å². The lowest BCUT2D eigenvalue weighted by molar-refractivity contribution is -0.135. The average molecular weight is 206 g/mol. The van der Waals surface area contributed by atoms with E-state index in [1.54, 1.807) is 6.07 Å². The molecule has 2 aliphatic heterocycles. The number of benzene rings is 1. The van der Waals surface area contributed by atoms with E-state index < -0.39 is 0 Å². The first kappa shape index (κ1) is 8.59. The van der Waals surface area contributed by atoms with E-state index in [1.807, 2.05) is 13.0 Å². The van der Waals surface area contributed by atoms with Crippen molar-refractivity contribution < 1.29 is 19.0 Å². The highest BCUT2D eigenvalue weighted by Gasteiger charge is 2.27. The van der Waals surface area contributed by atoms with Crippen molar-refractivity contribution in [3.05, 3.63) is 17.7 Å². The van der Waals surface area contributed by atoms with E-state index in [4.69, 9.17) is 14.2 Å². The lowest BCUT2D eigenvalue weighted by Gasteiger charge is -2.21. The normalized spacial score (nSPS) is 22.2. The summed E-state index contributed by atoms with van der Waals surface area (Å²) in [5, 5.41) is 0. The van der Waals surface area contributed by atoms with Crippen LogP contribution in [0.15, 0.2) is 12.1 Å². The minimum Gasteiger partial charge on any atom is -0.454 e. The minimum absolute atomic E-state index is 0.177. The molecule has 2 aliphatic rings. The van der Waals surface area contributed by atoms with E-state index in [0.29, 0.717) is 17.9 Å². The largest absolute Gasteiger partial charge is 0.454 e. The van der Waals surface area contributed by atoms with Gasteiger partial charge in [-0.15, -0.1) is 0 Å². The van der Waals surface area contributed by atoms with Crippen molar-refractivity contribution in [2.45, 2.75) is 19.3 Å². The van der Waals surface area contributed by atoms with E-state index >= 15 is 0 Å². The number of rotatable bonds is 0. The molecule has 1 aromatic carbocycles. The first-order chi connectivity index (χ1) is 7.24. The maximum Gasteiger partial charge on any atom is 0.311 e. The van der Waals surface area contributed by atoms with Crippen LogP contribution in [0.2, 0.25) is 0 Å². The fraction of sp³-hybridized carbons (Fsp3) is 0.364. The van der Waals surface area contributed by atoms with Crippen LogP contribution in [0, 0.1) is 0 Å². The van der Waals surface area contributed by atoms with Crippen molar-refractivity contribution in [1.82, 2.24) is 0 Å². The highest BCUT2D eigenvalue weighted by Crippen LogP contribution is 2.43. The molecule has 0 amide bonds. The molecule has 0 saturated heterocycles. The first-order valence-electron chi connectivity index (χ1n) is 4.88. The lowest BCUT2D eigenvalue weighted by atomic mass is 9.94. The highest BCUT2D eigenvalue weighted by atomic mass is 16.7. The molecular formula is C11H10O4. The quantitative estimate of drug-likeness (QED) is 0.480. The number of ether oxygens (including phenoxy) is 3. The van der Waals surface area contributed by atoms with Crippen molar-refractivity contribution in [3.63, 3.8) is 0 Å². The Bertz CT molecular complexity index is 438. The van der Waals surface area contributed by atoms with Crippen LogP contribution >= 0.6 is 0 Å². The zero-order valence-corrected chi connectivity index (χ0v) is 8.28. The summed E-state index contributed by atoms with van der Waals surface area (Å²) in [4.78, 5) is 11.2. The minimum atomic E-state index is -0.186. The monoisotopic (exact) mass is 206 g/mol. The molecule has 2 heterocycles. The average Bonchev–Trinajstić information content (AvgIpc) is 2.61. The fourth-order valence-corrected chi connectivity index (χ4v) is 1.94. The van der Waals surface area contributed by atoms with Gasteiger partial charge in [-0.25, -0.2) is 0 Å². The van der Waals surface area contributed by atoms with Crippen LogP contribution in [0.1, 0.15) is 24.8 Å². The van der Waals surface area contributed by atoms with E-state index in [9.17, 15) is 4.79 Å². The van der Waals surface area contributed by atoms with E-state index in [-0.39, 0.29) is 18.7 Å². The number of esters is 1. The van der Waals surface area contributed by atoms with Crippen LogP contribution in [0.4, 0.5) is 0 Å². The Morgan fingerprint density at radius 2 is 1.93 bits per heavy atom. The molecule has 0 aromatic heterocycles. The van der Waals surface area contributed by atoms with Gasteiger partial charge in [-0.3, -0.25) is 4.79 Å². The summed E-state index contributed by atoms with van der Waals surface area (Å²) in [6.07, 6.45) is 0.423. The van der Waals surface area contributed by atoms with Crippen LogP contribution in [0.5, 0.6) is 17.2 Å². The van der Waals surface area contributed by atoms with Gasteiger partial charge >= 0.3 is 5.97 Å². The number of carbonyl (C=O) groups is 1. The first-order valence-corrected chi connectivity index (χ1v) is 4.88. The maximum atomic E-state index is 11.2. The molecule has 0 aliphatic carbocycles.